The monoisotopic (exact) mass is 500 g/mol. The fourth-order valence-corrected chi connectivity index (χ4v) is 4.33. The van der Waals surface area contributed by atoms with Crippen LogP contribution >= 0.6 is 71.0 Å². The lowest BCUT2D eigenvalue weighted by Gasteiger charge is -2.18. The highest BCUT2D eigenvalue weighted by atomic mass is 79.9. The van der Waals surface area contributed by atoms with Crippen molar-refractivity contribution >= 4 is 71.0 Å². The molecule has 0 heterocycles. The Morgan fingerprint density at radius 2 is 1.75 bits per heavy atom. The molecular formula is C14H9Br3Cl2O. The summed E-state index contributed by atoms with van der Waals surface area (Å²) in [6.07, 6.45) is 0. The van der Waals surface area contributed by atoms with Gasteiger partial charge in [-0.2, -0.15) is 0 Å². The summed E-state index contributed by atoms with van der Waals surface area (Å²) in [7, 11) is 1.62. The van der Waals surface area contributed by atoms with Gasteiger partial charge in [-0.15, -0.1) is 0 Å². The van der Waals surface area contributed by atoms with Gasteiger partial charge in [-0.3, -0.25) is 0 Å². The third kappa shape index (κ3) is 3.36. The Hall–Kier alpha value is 0.260. The van der Waals surface area contributed by atoms with Gasteiger partial charge in [-0.05, 0) is 55.6 Å². The summed E-state index contributed by atoms with van der Waals surface area (Å²) in [6.45, 7) is 0. The molecule has 1 atom stereocenters. The predicted molar refractivity (Wildman–Crippen MR) is 95.6 cm³/mol. The van der Waals surface area contributed by atoms with Crippen LogP contribution in [0, 0.1) is 0 Å². The van der Waals surface area contributed by atoms with Crippen molar-refractivity contribution < 1.29 is 4.74 Å². The summed E-state index contributed by atoms with van der Waals surface area (Å²) in [5.74, 6) is 0.729. The molecule has 1 unspecified atom stereocenters. The van der Waals surface area contributed by atoms with Crippen molar-refractivity contribution in [3.8, 4) is 5.75 Å². The second-order valence-electron chi connectivity index (χ2n) is 4.02. The van der Waals surface area contributed by atoms with Gasteiger partial charge in [0.25, 0.3) is 0 Å². The van der Waals surface area contributed by atoms with E-state index in [4.69, 9.17) is 27.9 Å². The van der Waals surface area contributed by atoms with E-state index in [0.717, 1.165) is 25.8 Å². The molecule has 0 aliphatic heterocycles. The lowest BCUT2D eigenvalue weighted by atomic mass is 10.0. The fraction of sp³-hybridized carbons (Fsp3) is 0.143. The summed E-state index contributed by atoms with van der Waals surface area (Å²) < 4.78 is 7.11. The van der Waals surface area contributed by atoms with Crippen LogP contribution in [-0.4, -0.2) is 7.11 Å². The standard InChI is InChI=1S/C14H9Br3Cl2O/c1-20-14-9(5-7(18)6-11(14)16)12(17)8-3-2-4-10(15)13(8)19/h2-6,12H,1H3. The number of rotatable bonds is 3. The third-order valence-electron chi connectivity index (χ3n) is 2.77. The molecule has 0 saturated carbocycles. The maximum absolute atomic E-state index is 6.35. The largest absolute Gasteiger partial charge is 0.495 e. The molecule has 0 bridgehead atoms. The highest BCUT2D eigenvalue weighted by Crippen LogP contribution is 2.45. The van der Waals surface area contributed by atoms with Crippen LogP contribution in [0.25, 0.3) is 0 Å². The summed E-state index contributed by atoms with van der Waals surface area (Å²) in [5.41, 5.74) is 1.85. The minimum Gasteiger partial charge on any atom is -0.495 e. The van der Waals surface area contributed by atoms with E-state index in [2.05, 4.69) is 47.8 Å². The van der Waals surface area contributed by atoms with Gasteiger partial charge in [0.15, 0.2) is 0 Å². The number of halogens is 5. The summed E-state index contributed by atoms with van der Waals surface area (Å²) >= 11 is 23.0. The van der Waals surface area contributed by atoms with Crippen molar-refractivity contribution in [2.75, 3.05) is 7.11 Å². The van der Waals surface area contributed by atoms with Gasteiger partial charge in [-0.25, -0.2) is 0 Å². The molecule has 1 nitrogen and oxygen atoms in total. The summed E-state index contributed by atoms with van der Waals surface area (Å²) in [4.78, 5) is -0.127. The van der Waals surface area contributed by atoms with Crippen molar-refractivity contribution in [3.05, 3.63) is 60.4 Å². The number of methoxy groups -OCH3 is 1. The molecule has 0 amide bonds. The minimum atomic E-state index is -0.127. The molecule has 2 rings (SSSR count). The number of alkyl halides is 1. The smallest absolute Gasteiger partial charge is 0.137 e. The van der Waals surface area contributed by atoms with Crippen LogP contribution in [-0.2, 0) is 0 Å². The van der Waals surface area contributed by atoms with Gasteiger partial charge in [0, 0.05) is 15.1 Å². The third-order valence-corrected chi connectivity index (χ3v) is 5.87. The van der Waals surface area contributed by atoms with Crippen LogP contribution in [0.3, 0.4) is 0 Å². The first-order chi connectivity index (χ1) is 9.45. The zero-order valence-electron chi connectivity index (χ0n) is 10.3. The van der Waals surface area contributed by atoms with E-state index < -0.39 is 0 Å². The minimum absolute atomic E-state index is 0.127. The molecule has 0 saturated heterocycles. The normalized spacial score (nSPS) is 12.3. The predicted octanol–water partition coefficient (Wildman–Crippen LogP) is 7.01. The molecule has 106 valence electrons. The van der Waals surface area contributed by atoms with Crippen molar-refractivity contribution in [3.63, 3.8) is 0 Å². The van der Waals surface area contributed by atoms with Crippen molar-refractivity contribution in [1.29, 1.82) is 0 Å². The maximum Gasteiger partial charge on any atom is 0.137 e. The van der Waals surface area contributed by atoms with Crippen LogP contribution in [0.15, 0.2) is 39.3 Å². The topological polar surface area (TPSA) is 9.23 Å². The highest BCUT2D eigenvalue weighted by molar-refractivity contribution is 9.11. The number of hydrogen-bond acceptors (Lipinski definition) is 1. The molecule has 0 aliphatic carbocycles. The van der Waals surface area contributed by atoms with Crippen molar-refractivity contribution in [1.82, 2.24) is 0 Å². The Balaban J connectivity index is 2.58. The molecule has 0 aliphatic rings. The molecule has 6 heteroatoms. The highest BCUT2D eigenvalue weighted by Gasteiger charge is 2.21. The number of hydrogen-bond donors (Lipinski definition) is 0. The molecule has 2 aromatic rings. The Morgan fingerprint density at radius 1 is 1.05 bits per heavy atom. The quantitative estimate of drug-likeness (QED) is 0.409. The van der Waals surface area contributed by atoms with Gasteiger partial charge in [0.05, 0.1) is 21.4 Å². The Kier molecular flexibility index (Phi) is 5.83. The van der Waals surface area contributed by atoms with E-state index in [1.807, 2.05) is 24.3 Å². The molecular weight excluding hydrogens is 495 g/mol. The summed E-state index contributed by atoms with van der Waals surface area (Å²) in [6, 6.07) is 9.46. The first kappa shape index (κ1) is 16.6. The average Bonchev–Trinajstić information content (AvgIpc) is 2.40. The number of ether oxygens (including phenoxy) is 1. The zero-order chi connectivity index (χ0) is 14.9. The van der Waals surface area contributed by atoms with E-state index in [9.17, 15) is 0 Å². The van der Waals surface area contributed by atoms with E-state index in [1.54, 1.807) is 13.2 Å². The van der Waals surface area contributed by atoms with Crippen LogP contribution in [0.5, 0.6) is 5.75 Å². The Bertz CT molecular complexity index is 647. The van der Waals surface area contributed by atoms with Crippen LogP contribution in [0.4, 0.5) is 0 Å². The first-order valence-corrected chi connectivity index (χ1v) is 8.82. The van der Waals surface area contributed by atoms with E-state index in [1.165, 1.54) is 0 Å². The van der Waals surface area contributed by atoms with E-state index in [0.29, 0.717) is 10.0 Å². The average molecular weight is 504 g/mol. The van der Waals surface area contributed by atoms with Crippen molar-refractivity contribution in [2.45, 2.75) is 4.83 Å². The second kappa shape index (κ2) is 7.01. The van der Waals surface area contributed by atoms with Crippen molar-refractivity contribution in [2.24, 2.45) is 0 Å². The molecule has 0 radical (unpaired) electrons. The summed E-state index contributed by atoms with van der Waals surface area (Å²) in [5, 5.41) is 1.29. The van der Waals surface area contributed by atoms with E-state index >= 15 is 0 Å². The van der Waals surface area contributed by atoms with Crippen LogP contribution < -0.4 is 4.74 Å². The lowest BCUT2D eigenvalue weighted by molar-refractivity contribution is 0.408. The van der Waals surface area contributed by atoms with Gasteiger partial charge in [0.2, 0.25) is 0 Å². The van der Waals surface area contributed by atoms with Crippen LogP contribution in [0.2, 0.25) is 10.0 Å². The molecule has 0 aromatic heterocycles. The lowest BCUT2D eigenvalue weighted by Crippen LogP contribution is -1.99. The Labute approximate surface area is 153 Å². The van der Waals surface area contributed by atoms with Gasteiger partial charge < -0.3 is 4.74 Å². The van der Waals surface area contributed by atoms with Gasteiger partial charge in [-0.1, -0.05) is 51.3 Å². The number of benzene rings is 2. The van der Waals surface area contributed by atoms with Crippen LogP contribution in [0.1, 0.15) is 16.0 Å². The molecule has 0 N–H and O–H groups in total. The molecule has 0 fully saturated rings. The second-order valence-corrected chi connectivity index (χ2v) is 7.45. The molecule has 2 aromatic carbocycles. The first-order valence-electron chi connectivity index (χ1n) is 5.56. The SMILES string of the molecule is COc1c(Br)cc(Cl)cc1C(Br)c1cccc(Br)c1Cl. The zero-order valence-corrected chi connectivity index (χ0v) is 16.5. The molecule has 20 heavy (non-hydrogen) atoms. The van der Waals surface area contributed by atoms with Gasteiger partial charge in [0.1, 0.15) is 5.75 Å². The van der Waals surface area contributed by atoms with E-state index in [-0.39, 0.29) is 4.83 Å². The fourth-order valence-electron chi connectivity index (χ4n) is 1.87. The van der Waals surface area contributed by atoms with Gasteiger partial charge >= 0.3 is 0 Å². The molecule has 0 spiro atoms. The maximum atomic E-state index is 6.35. The Morgan fingerprint density at radius 3 is 2.40 bits per heavy atom.